The Morgan fingerprint density at radius 1 is 1.42 bits per heavy atom. The first-order valence-electron chi connectivity index (χ1n) is 6.09. The van der Waals surface area contributed by atoms with Gasteiger partial charge in [-0.15, -0.1) is 0 Å². The van der Waals surface area contributed by atoms with Crippen LogP contribution in [0.1, 0.15) is 18.5 Å². The number of methoxy groups -OCH3 is 1. The van der Waals surface area contributed by atoms with Crippen LogP contribution >= 0.6 is 0 Å². The first-order chi connectivity index (χ1) is 9.22. The highest BCUT2D eigenvalue weighted by Gasteiger charge is 2.13. The monoisotopic (exact) mass is 259 g/mol. The van der Waals surface area contributed by atoms with Crippen LogP contribution in [-0.2, 0) is 9.53 Å². The molecule has 5 nitrogen and oxygen atoms in total. The first-order valence-corrected chi connectivity index (χ1v) is 6.09. The van der Waals surface area contributed by atoms with Crippen molar-refractivity contribution in [2.45, 2.75) is 13.0 Å². The number of para-hydroxylation sites is 1. The van der Waals surface area contributed by atoms with E-state index in [1.54, 1.807) is 10.9 Å². The summed E-state index contributed by atoms with van der Waals surface area (Å²) in [5.74, 6) is -0.134. The molecule has 0 aliphatic carbocycles. The van der Waals surface area contributed by atoms with Crippen LogP contribution < -0.4 is 5.32 Å². The lowest BCUT2D eigenvalue weighted by Crippen LogP contribution is -2.30. The lowest BCUT2D eigenvalue weighted by atomic mass is 10.1. The molecule has 0 fully saturated rings. The summed E-state index contributed by atoms with van der Waals surface area (Å²) in [5.41, 5.74) is 1.97. The fourth-order valence-corrected chi connectivity index (χ4v) is 1.97. The average molecular weight is 259 g/mol. The molecule has 2 aromatic rings. The molecule has 100 valence electrons. The summed E-state index contributed by atoms with van der Waals surface area (Å²) in [6.07, 6.45) is 3.60. The molecule has 5 heteroatoms. The molecule has 0 aliphatic rings. The van der Waals surface area contributed by atoms with Crippen molar-refractivity contribution in [3.8, 4) is 5.69 Å². The first kappa shape index (κ1) is 13.3. The molecule has 0 radical (unpaired) electrons. The van der Waals surface area contributed by atoms with Crippen LogP contribution in [0.25, 0.3) is 5.69 Å². The molecule has 1 aromatic carbocycles. The zero-order valence-corrected chi connectivity index (χ0v) is 11.0. The van der Waals surface area contributed by atoms with Gasteiger partial charge < -0.3 is 10.1 Å². The molecule has 1 aromatic heterocycles. The third kappa shape index (κ3) is 3.20. The second-order valence-corrected chi connectivity index (χ2v) is 4.23. The number of nitrogens with one attached hydrogen (secondary N) is 1. The quantitative estimate of drug-likeness (QED) is 0.889. The Morgan fingerprint density at radius 3 is 2.89 bits per heavy atom. The average Bonchev–Trinajstić information content (AvgIpc) is 2.92. The number of hydrogen-bond donors (Lipinski definition) is 1. The third-order valence-electron chi connectivity index (χ3n) is 2.81. The van der Waals surface area contributed by atoms with Gasteiger partial charge in [-0.05, 0) is 24.6 Å². The standard InChI is InChI=1S/C14H17N3O2/c1-11(16-14(18)10-19-2)12-6-3-4-7-13(12)17-9-5-8-15-17/h3-9,11H,10H2,1-2H3,(H,16,18). The highest BCUT2D eigenvalue weighted by atomic mass is 16.5. The molecule has 1 heterocycles. The van der Waals surface area contributed by atoms with E-state index in [0.717, 1.165) is 11.3 Å². The van der Waals surface area contributed by atoms with E-state index in [1.165, 1.54) is 7.11 Å². The number of benzene rings is 1. The SMILES string of the molecule is COCC(=O)NC(C)c1ccccc1-n1cccn1. The molecule has 1 unspecified atom stereocenters. The number of aromatic nitrogens is 2. The van der Waals surface area contributed by atoms with Crippen molar-refractivity contribution < 1.29 is 9.53 Å². The molecule has 2 rings (SSSR count). The van der Waals surface area contributed by atoms with Gasteiger partial charge in [-0.2, -0.15) is 5.10 Å². The van der Waals surface area contributed by atoms with E-state index in [0.29, 0.717) is 0 Å². The number of ether oxygens (including phenoxy) is 1. The Hall–Kier alpha value is -2.14. The summed E-state index contributed by atoms with van der Waals surface area (Å²) in [6, 6.07) is 9.61. The normalized spacial score (nSPS) is 12.1. The zero-order chi connectivity index (χ0) is 13.7. The number of amides is 1. The molecular weight excluding hydrogens is 242 g/mol. The van der Waals surface area contributed by atoms with E-state index < -0.39 is 0 Å². The number of carbonyl (C=O) groups excluding carboxylic acids is 1. The van der Waals surface area contributed by atoms with E-state index in [9.17, 15) is 4.79 Å². The number of rotatable bonds is 5. The molecule has 1 N–H and O–H groups in total. The maximum absolute atomic E-state index is 11.6. The van der Waals surface area contributed by atoms with E-state index >= 15 is 0 Å². The summed E-state index contributed by atoms with van der Waals surface area (Å²) in [5, 5.41) is 7.12. The van der Waals surface area contributed by atoms with Crippen molar-refractivity contribution in [2.24, 2.45) is 0 Å². The van der Waals surface area contributed by atoms with Crippen molar-refractivity contribution in [3.63, 3.8) is 0 Å². The van der Waals surface area contributed by atoms with Gasteiger partial charge in [0, 0.05) is 19.5 Å². The van der Waals surface area contributed by atoms with Crippen LogP contribution in [0.4, 0.5) is 0 Å². The summed E-state index contributed by atoms with van der Waals surface area (Å²) < 4.78 is 6.60. The fraction of sp³-hybridized carbons (Fsp3) is 0.286. The van der Waals surface area contributed by atoms with E-state index in [4.69, 9.17) is 4.74 Å². The predicted octanol–water partition coefficient (Wildman–Crippen LogP) is 1.70. The Morgan fingerprint density at radius 2 is 2.21 bits per heavy atom. The smallest absolute Gasteiger partial charge is 0.246 e. The van der Waals surface area contributed by atoms with Crippen molar-refractivity contribution in [2.75, 3.05) is 13.7 Å². The Bertz CT molecular complexity index is 537. The van der Waals surface area contributed by atoms with Gasteiger partial charge in [-0.3, -0.25) is 4.79 Å². The van der Waals surface area contributed by atoms with Gasteiger partial charge in [0.15, 0.2) is 0 Å². The minimum absolute atomic E-state index is 0.0638. The maximum Gasteiger partial charge on any atom is 0.246 e. The molecule has 1 atom stereocenters. The van der Waals surface area contributed by atoms with Gasteiger partial charge in [0.25, 0.3) is 0 Å². The highest BCUT2D eigenvalue weighted by molar-refractivity contribution is 5.77. The van der Waals surface area contributed by atoms with Crippen LogP contribution in [-0.4, -0.2) is 29.4 Å². The molecule has 0 saturated heterocycles. The van der Waals surface area contributed by atoms with Crippen LogP contribution in [0, 0.1) is 0 Å². The predicted molar refractivity (Wildman–Crippen MR) is 72.0 cm³/mol. The Kier molecular flexibility index (Phi) is 4.30. The largest absolute Gasteiger partial charge is 0.375 e. The summed E-state index contributed by atoms with van der Waals surface area (Å²) in [6.45, 7) is 2.00. The van der Waals surface area contributed by atoms with E-state index in [-0.39, 0.29) is 18.6 Å². The molecule has 0 aliphatic heterocycles. The number of hydrogen-bond acceptors (Lipinski definition) is 3. The fourth-order valence-electron chi connectivity index (χ4n) is 1.97. The van der Waals surface area contributed by atoms with Crippen LogP contribution in [0.2, 0.25) is 0 Å². The minimum Gasteiger partial charge on any atom is -0.375 e. The topological polar surface area (TPSA) is 56.1 Å². The lowest BCUT2D eigenvalue weighted by molar-refractivity contribution is -0.125. The van der Waals surface area contributed by atoms with Crippen molar-refractivity contribution in [1.82, 2.24) is 15.1 Å². The highest BCUT2D eigenvalue weighted by Crippen LogP contribution is 2.20. The summed E-state index contributed by atoms with van der Waals surface area (Å²) >= 11 is 0. The number of nitrogens with zero attached hydrogens (tertiary/aromatic N) is 2. The van der Waals surface area contributed by atoms with Crippen molar-refractivity contribution in [3.05, 3.63) is 48.3 Å². The van der Waals surface area contributed by atoms with Crippen molar-refractivity contribution >= 4 is 5.91 Å². The van der Waals surface area contributed by atoms with Gasteiger partial charge >= 0.3 is 0 Å². The van der Waals surface area contributed by atoms with Crippen LogP contribution in [0.3, 0.4) is 0 Å². The van der Waals surface area contributed by atoms with Gasteiger partial charge in [-0.1, -0.05) is 18.2 Å². The molecule has 1 amide bonds. The van der Waals surface area contributed by atoms with Gasteiger partial charge in [0.2, 0.25) is 5.91 Å². The van der Waals surface area contributed by atoms with Crippen LogP contribution in [0.5, 0.6) is 0 Å². The second kappa shape index (κ2) is 6.15. The molecule has 0 saturated carbocycles. The van der Waals surface area contributed by atoms with Crippen LogP contribution in [0.15, 0.2) is 42.7 Å². The van der Waals surface area contributed by atoms with E-state index in [1.807, 2.05) is 43.5 Å². The molecule has 0 spiro atoms. The zero-order valence-electron chi connectivity index (χ0n) is 11.0. The Labute approximate surface area is 112 Å². The van der Waals surface area contributed by atoms with Gasteiger partial charge in [-0.25, -0.2) is 4.68 Å². The molecule has 0 bridgehead atoms. The third-order valence-corrected chi connectivity index (χ3v) is 2.81. The van der Waals surface area contributed by atoms with E-state index in [2.05, 4.69) is 10.4 Å². The Balaban J connectivity index is 2.22. The summed E-state index contributed by atoms with van der Waals surface area (Å²) in [7, 11) is 1.50. The van der Waals surface area contributed by atoms with Gasteiger partial charge in [0.05, 0.1) is 11.7 Å². The lowest BCUT2D eigenvalue weighted by Gasteiger charge is -2.17. The maximum atomic E-state index is 11.6. The molecular formula is C14H17N3O2. The van der Waals surface area contributed by atoms with Gasteiger partial charge in [0.1, 0.15) is 6.61 Å². The molecule has 19 heavy (non-hydrogen) atoms. The minimum atomic E-state index is -0.134. The second-order valence-electron chi connectivity index (χ2n) is 4.23. The summed E-state index contributed by atoms with van der Waals surface area (Å²) in [4.78, 5) is 11.6. The number of carbonyl (C=O) groups is 1. The van der Waals surface area contributed by atoms with Crippen molar-refractivity contribution in [1.29, 1.82) is 0 Å².